The van der Waals surface area contributed by atoms with Crippen molar-refractivity contribution in [3.05, 3.63) is 111 Å². The number of aromatic amines is 1. The standard InChI is InChI=1S/C31H34N4O4/c1-3-4-17-34(31(37)25-15-14-23(2)29(19-25)35(38)39)22-30(36)33(21-24-10-6-5-7-11-24)18-16-26-20-32-28-13-9-8-12-27(26)28/h5-15,19-20,32H,3-4,16-18,21-22H2,1-2H3. The molecule has 3 aromatic carbocycles. The number of hydrogen-bond donors (Lipinski definition) is 1. The molecule has 1 heterocycles. The molecule has 0 saturated carbocycles. The zero-order valence-corrected chi connectivity index (χ0v) is 22.4. The molecule has 0 unspecified atom stereocenters. The number of fused-ring (bicyclic) bond motifs is 1. The minimum atomic E-state index is -0.486. The van der Waals surface area contributed by atoms with Gasteiger partial charge in [0, 0.05) is 53.9 Å². The van der Waals surface area contributed by atoms with Crippen molar-refractivity contribution in [2.45, 2.75) is 39.7 Å². The molecule has 0 saturated heterocycles. The maximum atomic E-state index is 13.7. The van der Waals surface area contributed by atoms with Crippen LogP contribution in [0.4, 0.5) is 5.69 Å². The molecule has 4 aromatic rings. The lowest BCUT2D eigenvalue weighted by Crippen LogP contribution is -2.43. The van der Waals surface area contributed by atoms with Gasteiger partial charge in [0.1, 0.15) is 6.54 Å². The van der Waals surface area contributed by atoms with Crippen LogP contribution < -0.4 is 0 Å². The van der Waals surface area contributed by atoms with E-state index in [9.17, 15) is 19.7 Å². The van der Waals surface area contributed by atoms with Crippen LogP contribution in [0.15, 0.2) is 79.0 Å². The number of aryl methyl sites for hydroxylation is 1. The summed E-state index contributed by atoms with van der Waals surface area (Å²) in [5.41, 5.74) is 3.78. The van der Waals surface area contributed by atoms with Crippen molar-refractivity contribution in [2.24, 2.45) is 0 Å². The predicted octanol–water partition coefficient (Wildman–Crippen LogP) is 5.90. The van der Waals surface area contributed by atoms with Gasteiger partial charge in [-0.2, -0.15) is 0 Å². The normalized spacial score (nSPS) is 10.9. The highest BCUT2D eigenvalue weighted by Gasteiger charge is 2.24. The number of nitro benzene ring substituents is 1. The number of benzene rings is 3. The number of para-hydroxylation sites is 1. The largest absolute Gasteiger partial charge is 0.361 e. The van der Waals surface area contributed by atoms with Crippen LogP contribution >= 0.6 is 0 Å². The smallest absolute Gasteiger partial charge is 0.273 e. The Bertz CT molecular complexity index is 1450. The summed E-state index contributed by atoms with van der Waals surface area (Å²) >= 11 is 0. The second-order valence-corrected chi connectivity index (χ2v) is 9.75. The zero-order valence-electron chi connectivity index (χ0n) is 22.4. The van der Waals surface area contributed by atoms with E-state index in [2.05, 4.69) is 11.1 Å². The molecule has 0 aliphatic rings. The number of carbonyl (C=O) groups is 2. The Morgan fingerprint density at radius 3 is 2.44 bits per heavy atom. The van der Waals surface area contributed by atoms with Gasteiger partial charge in [-0.25, -0.2) is 0 Å². The molecule has 0 aliphatic carbocycles. The first kappa shape index (κ1) is 27.6. The highest BCUT2D eigenvalue weighted by atomic mass is 16.6. The third kappa shape index (κ3) is 6.90. The quantitative estimate of drug-likeness (QED) is 0.184. The number of carbonyl (C=O) groups excluding carboxylic acids is 2. The summed E-state index contributed by atoms with van der Waals surface area (Å²) in [4.78, 5) is 44.8. The molecule has 8 heteroatoms. The second-order valence-electron chi connectivity index (χ2n) is 9.75. The van der Waals surface area contributed by atoms with Crippen LogP contribution in [-0.2, 0) is 17.8 Å². The topological polar surface area (TPSA) is 99.6 Å². The highest BCUT2D eigenvalue weighted by Crippen LogP contribution is 2.22. The Balaban J connectivity index is 1.56. The van der Waals surface area contributed by atoms with Gasteiger partial charge in [-0.05, 0) is 43.0 Å². The summed E-state index contributed by atoms with van der Waals surface area (Å²) in [7, 11) is 0. The molecule has 0 atom stereocenters. The molecule has 39 heavy (non-hydrogen) atoms. The minimum Gasteiger partial charge on any atom is -0.361 e. The molecule has 0 fully saturated rings. The van der Waals surface area contributed by atoms with Gasteiger partial charge in [0.2, 0.25) is 5.91 Å². The first-order chi connectivity index (χ1) is 18.9. The number of nitrogens with zero attached hydrogens (tertiary/aromatic N) is 3. The third-order valence-electron chi connectivity index (χ3n) is 6.94. The van der Waals surface area contributed by atoms with Gasteiger partial charge < -0.3 is 14.8 Å². The Kier molecular flexibility index (Phi) is 9.10. The molecule has 0 spiro atoms. The number of nitrogens with one attached hydrogen (secondary N) is 1. The van der Waals surface area contributed by atoms with Crippen molar-refractivity contribution in [1.29, 1.82) is 0 Å². The molecule has 0 aliphatic heterocycles. The van der Waals surface area contributed by atoms with Crippen molar-refractivity contribution in [3.63, 3.8) is 0 Å². The van der Waals surface area contributed by atoms with Gasteiger partial charge in [0.25, 0.3) is 11.6 Å². The van der Waals surface area contributed by atoms with Crippen LogP contribution in [0.25, 0.3) is 10.9 Å². The van der Waals surface area contributed by atoms with Crippen molar-refractivity contribution in [1.82, 2.24) is 14.8 Å². The number of hydrogen-bond acceptors (Lipinski definition) is 4. The fourth-order valence-electron chi connectivity index (χ4n) is 4.68. The van der Waals surface area contributed by atoms with Crippen LogP contribution in [0.1, 0.15) is 46.8 Å². The van der Waals surface area contributed by atoms with E-state index < -0.39 is 4.92 Å². The summed E-state index contributed by atoms with van der Waals surface area (Å²) in [5.74, 6) is -0.541. The zero-order chi connectivity index (χ0) is 27.8. The van der Waals surface area contributed by atoms with E-state index in [-0.39, 0.29) is 29.6 Å². The summed E-state index contributed by atoms with van der Waals surface area (Å²) in [6.07, 6.45) is 4.22. The first-order valence-corrected chi connectivity index (χ1v) is 13.3. The molecule has 1 N–H and O–H groups in total. The molecular formula is C31H34N4O4. The fraction of sp³-hybridized carbons (Fsp3) is 0.290. The molecule has 1 aromatic heterocycles. The first-order valence-electron chi connectivity index (χ1n) is 13.3. The van der Waals surface area contributed by atoms with Crippen LogP contribution in [0.3, 0.4) is 0 Å². The summed E-state index contributed by atoms with van der Waals surface area (Å²) in [5, 5.41) is 12.6. The van der Waals surface area contributed by atoms with Crippen LogP contribution in [0, 0.1) is 17.0 Å². The number of nitro groups is 1. The van der Waals surface area contributed by atoms with Crippen LogP contribution in [-0.4, -0.2) is 51.2 Å². The summed E-state index contributed by atoms with van der Waals surface area (Å²) in [6, 6.07) is 22.3. The Labute approximate surface area is 228 Å². The Hall–Kier alpha value is -4.46. The van der Waals surface area contributed by atoms with E-state index in [0.717, 1.165) is 34.9 Å². The third-order valence-corrected chi connectivity index (χ3v) is 6.94. The van der Waals surface area contributed by atoms with Gasteiger partial charge in [0.15, 0.2) is 0 Å². The number of aromatic nitrogens is 1. The van der Waals surface area contributed by atoms with Crippen molar-refractivity contribution in [2.75, 3.05) is 19.6 Å². The van der Waals surface area contributed by atoms with Crippen molar-refractivity contribution in [3.8, 4) is 0 Å². The molecule has 4 rings (SSSR count). The van der Waals surface area contributed by atoms with Gasteiger partial charge in [-0.15, -0.1) is 0 Å². The molecule has 202 valence electrons. The SMILES string of the molecule is CCCCN(CC(=O)N(CCc1c[nH]c2ccccc12)Cc1ccccc1)C(=O)c1ccc(C)c([N+](=O)[O-])c1. The summed E-state index contributed by atoms with van der Waals surface area (Å²) in [6.45, 7) is 4.87. The molecular weight excluding hydrogens is 492 g/mol. The van der Waals surface area contributed by atoms with Crippen LogP contribution in [0.5, 0.6) is 0 Å². The monoisotopic (exact) mass is 526 g/mol. The maximum Gasteiger partial charge on any atom is 0.273 e. The van der Waals surface area contributed by atoms with Gasteiger partial charge in [0.05, 0.1) is 4.92 Å². The number of H-pyrrole nitrogens is 1. The van der Waals surface area contributed by atoms with E-state index in [1.165, 1.54) is 11.0 Å². The number of rotatable bonds is 12. The molecule has 0 radical (unpaired) electrons. The van der Waals surface area contributed by atoms with Gasteiger partial charge in [-0.3, -0.25) is 19.7 Å². The van der Waals surface area contributed by atoms with E-state index >= 15 is 0 Å². The number of unbranched alkanes of at least 4 members (excludes halogenated alkanes) is 1. The van der Waals surface area contributed by atoms with E-state index in [4.69, 9.17) is 0 Å². The van der Waals surface area contributed by atoms with Gasteiger partial charge >= 0.3 is 0 Å². The Morgan fingerprint density at radius 2 is 1.69 bits per heavy atom. The Morgan fingerprint density at radius 1 is 0.949 bits per heavy atom. The number of amides is 2. The lowest BCUT2D eigenvalue weighted by molar-refractivity contribution is -0.385. The average Bonchev–Trinajstić information content (AvgIpc) is 3.36. The summed E-state index contributed by atoms with van der Waals surface area (Å²) < 4.78 is 0. The predicted molar refractivity (Wildman–Crippen MR) is 153 cm³/mol. The molecule has 2 amide bonds. The van der Waals surface area contributed by atoms with E-state index in [1.54, 1.807) is 24.0 Å². The lowest BCUT2D eigenvalue weighted by atomic mass is 10.1. The fourth-order valence-corrected chi connectivity index (χ4v) is 4.68. The van der Waals surface area contributed by atoms with Gasteiger partial charge in [-0.1, -0.05) is 67.9 Å². The van der Waals surface area contributed by atoms with Crippen molar-refractivity contribution >= 4 is 28.4 Å². The maximum absolute atomic E-state index is 13.7. The second kappa shape index (κ2) is 12.9. The average molecular weight is 527 g/mol. The molecule has 8 nitrogen and oxygen atoms in total. The molecule has 0 bridgehead atoms. The minimum absolute atomic E-state index is 0.0960. The van der Waals surface area contributed by atoms with Crippen molar-refractivity contribution < 1.29 is 14.5 Å². The van der Waals surface area contributed by atoms with E-state index in [0.29, 0.717) is 31.6 Å². The highest BCUT2D eigenvalue weighted by molar-refractivity contribution is 5.97. The lowest BCUT2D eigenvalue weighted by Gasteiger charge is -2.28. The van der Waals surface area contributed by atoms with E-state index in [1.807, 2.05) is 61.7 Å². The van der Waals surface area contributed by atoms with Crippen LogP contribution in [0.2, 0.25) is 0 Å².